The molecule has 0 spiro atoms. The average molecular weight is 343 g/mol. The molecule has 25 heavy (non-hydrogen) atoms. The lowest BCUT2D eigenvalue weighted by atomic mass is 10.2. The Bertz CT molecular complexity index is 514. The molecule has 0 saturated heterocycles. The number of primary amides is 1. The van der Waals surface area contributed by atoms with E-state index >= 15 is 0 Å². The van der Waals surface area contributed by atoms with Crippen molar-refractivity contribution in [2.24, 2.45) is 5.73 Å². The van der Waals surface area contributed by atoms with Gasteiger partial charge in [0.15, 0.2) is 0 Å². The van der Waals surface area contributed by atoms with Crippen molar-refractivity contribution >= 4 is 6.41 Å². The molecule has 0 saturated carbocycles. The van der Waals surface area contributed by atoms with E-state index in [9.17, 15) is 0 Å². The topological polar surface area (TPSA) is 46.3 Å². The van der Waals surface area contributed by atoms with Gasteiger partial charge >= 0.3 is 0 Å². The molecule has 0 heterocycles. The summed E-state index contributed by atoms with van der Waals surface area (Å²) in [5, 5.41) is 0. The molecule has 2 aromatic rings. The highest BCUT2D eigenvalue weighted by atomic mass is 16.1. The Kier molecular flexibility index (Phi) is 15.3. The molecule has 0 bridgehead atoms. The van der Waals surface area contributed by atoms with E-state index < -0.39 is 0 Å². The third-order valence-electron chi connectivity index (χ3n) is 3.56. The number of amides is 1. The van der Waals surface area contributed by atoms with Crippen molar-refractivity contribution in [2.75, 3.05) is 13.1 Å². The van der Waals surface area contributed by atoms with Crippen molar-refractivity contribution in [3.63, 3.8) is 0 Å². The standard InChI is InChI=1S/C14H23N.C7H8.CH3NO/c1-3-5-12-15(11-4-2)13-14-9-7-6-8-10-14;1-7-5-3-2-4-6-7;2-1-3/h6-10H,3-5,11-13H2,1-2H3;2-6H,1H3;1H,(H2,2,3). The summed E-state index contributed by atoms with van der Waals surface area (Å²) < 4.78 is 0. The van der Waals surface area contributed by atoms with E-state index in [2.05, 4.69) is 73.9 Å². The molecule has 0 aliphatic rings. The van der Waals surface area contributed by atoms with Gasteiger partial charge in [-0.15, -0.1) is 0 Å². The van der Waals surface area contributed by atoms with E-state index in [4.69, 9.17) is 4.79 Å². The van der Waals surface area contributed by atoms with Gasteiger partial charge < -0.3 is 5.73 Å². The zero-order valence-electron chi connectivity index (χ0n) is 16.0. The summed E-state index contributed by atoms with van der Waals surface area (Å²) in [7, 11) is 0. The van der Waals surface area contributed by atoms with E-state index in [1.54, 1.807) is 0 Å². The maximum Gasteiger partial charge on any atom is 0.204 e. The first kappa shape index (κ1) is 22.9. The van der Waals surface area contributed by atoms with Crippen LogP contribution in [0.5, 0.6) is 0 Å². The molecular weight excluding hydrogens is 308 g/mol. The highest BCUT2D eigenvalue weighted by molar-refractivity contribution is 5.42. The van der Waals surface area contributed by atoms with Gasteiger partial charge in [-0.05, 0) is 38.4 Å². The monoisotopic (exact) mass is 342 g/mol. The van der Waals surface area contributed by atoms with Crippen LogP contribution in [-0.2, 0) is 11.3 Å². The molecule has 3 nitrogen and oxygen atoms in total. The molecule has 0 aliphatic carbocycles. The minimum Gasteiger partial charge on any atom is -0.372 e. The molecule has 2 rings (SSSR count). The van der Waals surface area contributed by atoms with Crippen molar-refractivity contribution in [1.29, 1.82) is 0 Å². The van der Waals surface area contributed by atoms with E-state index in [0.29, 0.717) is 0 Å². The number of carbonyl (C=O) groups excluding carboxylic acids is 1. The Morgan fingerprint density at radius 2 is 1.40 bits per heavy atom. The van der Waals surface area contributed by atoms with Gasteiger partial charge in [0.1, 0.15) is 0 Å². The maximum atomic E-state index is 8.58. The predicted octanol–water partition coefficient (Wildman–Crippen LogP) is 4.80. The number of nitrogens with zero attached hydrogens (tertiary/aromatic N) is 1. The summed E-state index contributed by atoms with van der Waals surface area (Å²) in [5.41, 5.74) is 6.92. The van der Waals surface area contributed by atoms with Crippen molar-refractivity contribution in [2.45, 2.75) is 46.6 Å². The molecule has 2 aromatic carbocycles. The molecule has 138 valence electrons. The second kappa shape index (κ2) is 16.7. The van der Waals surface area contributed by atoms with Gasteiger partial charge in [-0.25, -0.2) is 0 Å². The lowest BCUT2D eigenvalue weighted by molar-refractivity contribution is -0.106. The molecule has 1 amide bonds. The highest BCUT2D eigenvalue weighted by Crippen LogP contribution is 2.06. The first-order valence-electron chi connectivity index (χ1n) is 9.11. The Hall–Kier alpha value is -2.13. The first-order valence-corrected chi connectivity index (χ1v) is 9.11. The van der Waals surface area contributed by atoms with E-state index in [0.717, 1.165) is 6.54 Å². The van der Waals surface area contributed by atoms with Crippen LogP contribution in [0.25, 0.3) is 0 Å². The molecule has 2 N–H and O–H groups in total. The van der Waals surface area contributed by atoms with Gasteiger partial charge in [0.25, 0.3) is 0 Å². The number of hydrogen-bond acceptors (Lipinski definition) is 2. The van der Waals surface area contributed by atoms with Crippen LogP contribution in [0, 0.1) is 6.92 Å². The van der Waals surface area contributed by atoms with Crippen LogP contribution in [0.15, 0.2) is 60.7 Å². The van der Waals surface area contributed by atoms with Crippen molar-refractivity contribution in [3.05, 3.63) is 71.8 Å². The first-order chi connectivity index (χ1) is 12.2. The number of nitrogens with two attached hydrogens (primary N) is 1. The molecule has 0 fully saturated rings. The van der Waals surface area contributed by atoms with Crippen LogP contribution >= 0.6 is 0 Å². The fraction of sp³-hybridized carbons (Fsp3) is 0.409. The Morgan fingerprint density at radius 3 is 1.80 bits per heavy atom. The van der Waals surface area contributed by atoms with Gasteiger partial charge in [0.05, 0.1) is 0 Å². The Labute approximate surface area is 153 Å². The number of carbonyl (C=O) groups is 1. The lowest BCUT2D eigenvalue weighted by Gasteiger charge is -2.21. The zero-order valence-corrected chi connectivity index (χ0v) is 16.0. The van der Waals surface area contributed by atoms with E-state index in [1.807, 2.05) is 18.2 Å². The molecule has 0 radical (unpaired) electrons. The molecule has 0 aliphatic heterocycles. The summed E-state index contributed by atoms with van der Waals surface area (Å²) >= 11 is 0. The highest BCUT2D eigenvalue weighted by Gasteiger charge is 2.03. The molecule has 0 atom stereocenters. The van der Waals surface area contributed by atoms with Gasteiger partial charge in [0, 0.05) is 6.54 Å². The van der Waals surface area contributed by atoms with Crippen molar-refractivity contribution in [3.8, 4) is 0 Å². The van der Waals surface area contributed by atoms with Crippen LogP contribution in [0.2, 0.25) is 0 Å². The van der Waals surface area contributed by atoms with Crippen LogP contribution < -0.4 is 5.73 Å². The number of hydrogen-bond donors (Lipinski definition) is 1. The Balaban J connectivity index is 0.000000475. The largest absolute Gasteiger partial charge is 0.372 e. The number of unbranched alkanes of at least 4 members (excludes halogenated alkanes) is 1. The predicted molar refractivity (Wildman–Crippen MR) is 108 cm³/mol. The molecular formula is C22H34N2O. The fourth-order valence-corrected chi connectivity index (χ4v) is 2.34. The average Bonchev–Trinajstić information content (AvgIpc) is 2.63. The SMILES string of the molecule is CCCCN(CCC)Cc1ccccc1.Cc1ccccc1.NC=O. The number of aryl methyl sites for hydroxylation is 1. The van der Waals surface area contributed by atoms with Gasteiger partial charge in [0.2, 0.25) is 6.41 Å². The number of benzene rings is 2. The normalized spacial score (nSPS) is 9.44. The summed E-state index contributed by atoms with van der Waals surface area (Å²) in [6, 6.07) is 21.0. The lowest BCUT2D eigenvalue weighted by Crippen LogP contribution is -2.25. The smallest absolute Gasteiger partial charge is 0.204 e. The quantitative estimate of drug-likeness (QED) is 0.735. The zero-order chi connectivity index (χ0) is 18.8. The summed E-state index contributed by atoms with van der Waals surface area (Å²) in [5.74, 6) is 0. The summed E-state index contributed by atoms with van der Waals surface area (Å²) in [6.07, 6.45) is 4.10. The van der Waals surface area contributed by atoms with Crippen LogP contribution in [0.3, 0.4) is 0 Å². The third kappa shape index (κ3) is 14.0. The van der Waals surface area contributed by atoms with E-state index in [-0.39, 0.29) is 6.41 Å². The second-order valence-electron chi connectivity index (χ2n) is 5.91. The van der Waals surface area contributed by atoms with Crippen molar-refractivity contribution < 1.29 is 4.79 Å². The van der Waals surface area contributed by atoms with Crippen LogP contribution in [0.4, 0.5) is 0 Å². The summed E-state index contributed by atoms with van der Waals surface area (Å²) in [6.45, 7) is 10.2. The van der Waals surface area contributed by atoms with E-state index in [1.165, 1.54) is 43.5 Å². The number of rotatable bonds is 7. The summed E-state index contributed by atoms with van der Waals surface area (Å²) in [4.78, 5) is 11.1. The molecule has 0 unspecified atom stereocenters. The molecule has 3 heteroatoms. The van der Waals surface area contributed by atoms with Gasteiger partial charge in [-0.1, -0.05) is 86.5 Å². The third-order valence-corrected chi connectivity index (χ3v) is 3.56. The van der Waals surface area contributed by atoms with Gasteiger partial charge in [-0.2, -0.15) is 0 Å². The minimum atomic E-state index is 0.250. The van der Waals surface area contributed by atoms with Crippen molar-refractivity contribution in [1.82, 2.24) is 4.90 Å². The van der Waals surface area contributed by atoms with Crippen LogP contribution in [-0.4, -0.2) is 24.4 Å². The second-order valence-corrected chi connectivity index (χ2v) is 5.91. The molecule has 0 aromatic heterocycles. The minimum absolute atomic E-state index is 0.250. The maximum absolute atomic E-state index is 8.58. The van der Waals surface area contributed by atoms with Gasteiger partial charge in [-0.3, -0.25) is 9.69 Å². The Morgan fingerprint density at radius 1 is 0.880 bits per heavy atom. The fourth-order valence-electron chi connectivity index (χ4n) is 2.34. The van der Waals surface area contributed by atoms with Crippen LogP contribution in [0.1, 0.15) is 44.2 Å².